The Morgan fingerprint density at radius 3 is 2.88 bits per heavy atom. The van der Waals surface area contributed by atoms with Gasteiger partial charge < -0.3 is 4.52 Å². The lowest BCUT2D eigenvalue weighted by Gasteiger charge is -1.91. The third-order valence-corrected chi connectivity index (χ3v) is 2.22. The molecular formula is C9H5ClN6O. The van der Waals surface area contributed by atoms with Crippen molar-refractivity contribution in [3.05, 3.63) is 29.7 Å². The highest BCUT2D eigenvalue weighted by molar-refractivity contribution is 6.30. The van der Waals surface area contributed by atoms with Crippen LogP contribution in [0.2, 0.25) is 5.02 Å². The van der Waals surface area contributed by atoms with Gasteiger partial charge in [0.15, 0.2) is 5.82 Å². The van der Waals surface area contributed by atoms with Crippen LogP contribution in [0.25, 0.3) is 23.2 Å². The summed E-state index contributed by atoms with van der Waals surface area (Å²) in [5.41, 5.74) is 0.549. The van der Waals surface area contributed by atoms with Crippen molar-refractivity contribution in [1.82, 2.24) is 30.3 Å². The maximum atomic E-state index is 5.73. The van der Waals surface area contributed by atoms with Crippen molar-refractivity contribution >= 4 is 11.6 Å². The summed E-state index contributed by atoms with van der Waals surface area (Å²) in [6.07, 6.45) is 2.88. The van der Waals surface area contributed by atoms with Crippen molar-refractivity contribution in [2.24, 2.45) is 0 Å². The first kappa shape index (κ1) is 9.91. The summed E-state index contributed by atoms with van der Waals surface area (Å²) in [6, 6.07) is 3.39. The number of pyridine rings is 1. The van der Waals surface area contributed by atoms with Crippen molar-refractivity contribution in [1.29, 1.82) is 0 Å². The first-order valence-corrected chi connectivity index (χ1v) is 5.02. The summed E-state index contributed by atoms with van der Waals surface area (Å²) >= 11 is 5.73. The van der Waals surface area contributed by atoms with Crippen molar-refractivity contribution in [3.63, 3.8) is 0 Å². The third kappa shape index (κ3) is 1.87. The Kier molecular flexibility index (Phi) is 2.30. The largest absolute Gasteiger partial charge is 0.332 e. The van der Waals surface area contributed by atoms with Crippen LogP contribution in [0, 0.1) is 0 Å². The van der Waals surface area contributed by atoms with E-state index >= 15 is 0 Å². The van der Waals surface area contributed by atoms with Gasteiger partial charge in [-0.15, -0.1) is 0 Å². The van der Waals surface area contributed by atoms with Crippen molar-refractivity contribution in [3.8, 4) is 23.2 Å². The molecule has 0 aliphatic rings. The van der Waals surface area contributed by atoms with Gasteiger partial charge in [0, 0.05) is 6.20 Å². The van der Waals surface area contributed by atoms with E-state index in [0.29, 0.717) is 28.3 Å². The van der Waals surface area contributed by atoms with Gasteiger partial charge in [-0.2, -0.15) is 10.1 Å². The van der Waals surface area contributed by atoms with E-state index in [1.165, 1.54) is 12.5 Å². The summed E-state index contributed by atoms with van der Waals surface area (Å²) in [6.45, 7) is 0. The zero-order valence-electron chi connectivity index (χ0n) is 8.33. The molecule has 8 heteroatoms. The molecule has 0 fully saturated rings. The Balaban J connectivity index is 1.98. The molecule has 17 heavy (non-hydrogen) atoms. The van der Waals surface area contributed by atoms with Crippen LogP contribution in [0.1, 0.15) is 0 Å². The van der Waals surface area contributed by atoms with E-state index in [4.69, 9.17) is 16.1 Å². The molecular weight excluding hydrogens is 244 g/mol. The van der Waals surface area contributed by atoms with Crippen LogP contribution in [0.3, 0.4) is 0 Å². The molecule has 0 saturated carbocycles. The first-order chi connectivity index (χ1) is 8.33. The molecule has 0 aliphatic carbocycles. The number of rotatable bonds is 2. The Bertz CT molecular complexity index is 617. The monoisotopic (exact) mass is 248 g/mol. The molecule has 3 aromatic rings. The van der Waals surface area contributed by atoms with Crippen LogP contribution in [-0.4, -0.2) is 30.3 Å². The number of aromatic amines is 1. The molecule has 7 nitrogen and oxygen atoms in total. The summed E-state index contributed by atoms with van der Waals surface area (Å²) < 4.78 is 5.06. The summed E-state index contributed by atoms with van der Waals surface area (Å²) in [4.78, 5) is 12.1. The third-order valence-electron chi connectivity index (χ3n) is 2.00. The predicted molar refractivity (Wildman–Crippen MR) is 57.9 cm³/mol. The topological polar surface area (TPSA) is 93.4 Å². The summed E-state index contributed by atoms with van der Waals surface area (Å²) in [5, 5.41) is 10.7. The molecule has 3 heterocycles. The van der Waals surface area contributed by atoms with Gasteiger partial charge in [0.05, 0.1) is 5.02 Å². The molecule has 0 amide bonds. The lowest BCUT2D eigenvalue weighted by molar-refractivity contribution is 0.430. The maximum Gasteiger partial charge on any atom is 0.276 e. The Labute approximate surface area is 99.9 Å². The van der Waals surface area contributed by atoms with Crippen molar-refractivity contribution in [2.75, 3.05) is 0 Å². The molecule has 0 atom stereocenters. The van der Waals surface area contributed by atoms with Crippen LogP contribution >= 0.6 is 11.6 Å². The van der Waals surface area contributed by atoms with E-state index < -0.39 is 0 Å². The smallest absolute Gasteiger partial charge is 0.276 e. The van der Waals surface area contributed by atoms with Crippen LogP contribution < -0.4 is 0 Å². The Hall–Kier alpha value is -2.28. The second-order valence-electron chi connectivity index (χ2n) is 3.12. The number of nitrogens with zero attached hydrogens (tertiary/aromatic N) is 5. The van der Waals surface area contributed by atoms with E-state index in [1.54, 1.807) is 12.1 Å². The van der Waals surface area contributed by atoms with Crippen LogP contribution in [0.4, 0.5) is 0 Å². The molecule has 3 aromatic heterocycles. The van der Waals surface area contributed by atoms with Gasteiger partial charge in [0.25, 0.3) is 5.89 Å². The molecule has 0 aromatic carbocycles. The second-order valence-corrected chi connectivity index (χ2v) is 3.56. The molecule has 0 aliphatic heterocycles. The highest BCUT2D eigenvalue weighted by Crippen LogP contribution is 2.19. The molecule has 1 N–H and O–H groups in total. The van der Waals surface area contributed by atoms with E-state index in [9.17, 15) is 0 Å². The Morgan fingerprint density at radius 1 is 1.24 bits per heavy atom. The van der Waals surface area contributed by atoms with Gasteiger partial charge >= 0.3 is 0 Å². The normalized spacial score (nSPS) is 10.6. The highest BCUT2D eigenvalue weighted by atomic mass is 35.5. The molecule has 0 radical (unpaired) electrons. The van der Waals surface area contributed by atoms with Crippen molar-refractivity contribution in [2.45, 2.75) is 0 Å². The minimum atomic E-state index is 0.299. The molecule has 0 saturated heterocycles. The summed E-state index contributed by atoms with van der Waals surface area (Å²) in [5.74, 6) is 1.07. The molecule has 0 bridgehead atoms. The fourth-order valence-corrected chi connectivity index (χ4v) is 1.35. The minimum Gasteiger partial charge on any atom is -0.332 e. The van der Waals surface area contributed by atoms with Gasteiger partial charge in [-0.05, 0) is 12.1 Å². The predicted octanol–water partition coefficient (Wildman–Crippen LogP) is 1.57. The fraction of sp³-hybridized carbons (Fsp3) is 0. The molecule has 0 unspecified atom stereocenters. The average molecular weight is 249 g/mol. The Morgan fingerprint density at radius 2 is 2.18 bits per heavy atom. The van der Waals surface area contributed by atoms with Gasteiger partial charge in [-0.3, -0.25) is 5.10 Å². The van der Waals surface area contributed by atoms with E-state index in [-0.39, 0.29) is 0 Å². The fourth-order valence-electron chi connectivity index (χ4n) is 1.24. The minimum absolute atomic E-state index is 0.299. The number of H-pyrrole nitrogens is 1. The molecule has 0 spiro atoms. The summed E-state index contributed by atoms with van der Waals surface area (Å²) in [7, 11) is 0. The number of halogens is 1. The van der Waals surface area contributed by atoms with E-state index in [2.05, 4.69) is 30.3 Å². The number of hydrogen-bond acceptors (Lipinski definition) is 6. The number of hydrogen-bond donors (Lipinski definition) is 1. The van der Waals surface area contributed by atoms with Crippen molar-refractivity contribution < 1.29 is 4.52 Å². The van der Waals surface area contributed by atoms with Crippen LogP contribution in [-0.2, 0) is 0 Å². The van der Waals surface area contributed by atoms with Crippen LogP contribution in [0.15, 0.2) is 29.2 Å². The lowest BCUT2D eigenvalue weighted by Crippen LogP contribution is -1.85. The first-order valence-electron chi connectivity index (χ1n) is 4.64. The molecule has 84 valence electrons. The standard InChI is InChI=1S/C9H5ClN6O/c10-5-1-2-6(11-3-5)9-14-8(16-17-9)7-12-4-13-15-7/h1-4H,(H,12,13,15). The highest BCUT2D eigenvalue weighted by Gasteiger charge is 2.13. The van der Waals surface area contributed by atoms with Gasteiger partial charge in [0.2, 0.25) is 5.82 Å². The number of nitrogens with one attached hydrogen (secondary N) is 1. The van der Waals surface area contributed by atoms with Gasteiger partial charge in [-0.1, -0.05) is 16.8 Å². The zero-order chi connectivity index (χ0) is 11.7. The lowest BCUT2D eigenvalue weighted by atomic mass is 10.3. The molecule has 3 rings (SSSR count). The van der Waals surface area contributed by atoms with E-state index in [0.717, 1.165) is 0 Å². The quantitative estimate of drug-likeness (QED) is 0.740. The van der Waals surface area contributed by atoms with Gasteiger partial charge in [-0.25, -0.2) is 9.97 Å². The average Bonchev–Trinajstić information content (AvgIpc) is 3.00. The maximum absolute atomic E-state index is 5.73. The van der Waals surface area contributed by atoms with Crippen LogP contribution in [0.5, 0.6) is 0 Å². The van der Waals surface area contributed by atoms with E-state index in [1.807, 2.05) is 0 Å². The SMILES string of the molecule is Clc1ccc(-c2nc(-c3ncn[nH]3)no2)nc1. The van der Waals surface area contributed by atoms with Gasteiger partial charge in [0.1, 0.15) is 12.0 Å². The number of aromatic nitrogens is 6. The second kappa shape index (κ2) is 3.95. The zero-order valence-corrected chi connectivity index (χ0v) is 9.09.